The second-order valence-corrected chi connectivity index (χ2v) is 4.92. The van der Waals surface area contributed by atoms with E-state index >= 15 is 0 Å². The Bertz CT molecular complexity index is 302. The van der Waals surface area contributed by atoms with Gasteiger partial charge in [0.05, 0.1) is 6.61 Å². The van der Waals surface area contributed by atoms with Crippen LogP contribution in [-0.4, -0.2) is 12.4 Å². The van der Waals surface area contributed by atoms with E-state index < -0.39 is 0 Å². The summed E-state index contributed by atoms with van der Waals surface area (Å²) >= 11 is 4.24. The van der Waals surface area contributed by atoms with Gasteiger partial charge in [-0.25, -0.2) is 0 Å². The highest BCUT2D eigenvalue weighted by Gasteiger charge is 2.05. The minimum atomic E-state index is 0.696. The van der Waals surface area contributed by atoms with Crippen molar-refractivity contribution in [3.05, 3.63) is 29.3 Å². The third-order valence-electron chi connectivity index (χ3n) is 2.89. The molecule has 1 aromatic carbocycles. The van der Waals surface area contributed by atoms with E-state index in [0.717, 1.165) is 24.5 Å². The van der Waals surface area contributed by atoms with Crippen LogP contribution in [0.2, 0.25) is 0 Å². The van der Waals surface area contributed by atoms with Gasteiger partial charge in [-0.1, -0.05) is 25.1 Å². The van der Waals surface area contributed by atoms with Gasteiger partial charge in [-0.3, -0.25) is 0 Å². The minimum Gasteiger partial charge on any atom is -0.493 e. The highest BCUT2D eigenvalue weighted by Crippen LogP contribution is 2.23. The van der Waals surface area contributed by atoms with Crippen molar-refractivity contribution in [1.29, 1.82) is 0 Å². The zero-order chi connectivity index (χ0) is 12.0. The molecular weight excluding hydrogens is 216 g/mol. The Morgan fingerprint density at radius 3 is 2.38 bits per heavy atom. The van der Waals surface area contributed by atoms with Crippen LogP contribution in [0.4, 0.5) is 0 Å². The summed E-state index contributed by atoms with van der Waals surface area (Å²) in [6, 6.07) is 6.26. The molecular formula is C14H22OS. The maximum Gasteiger partial charge on any atom is 0.125 e. The zero-order valence-corrected chi connectivity index (χ0v) is 11.4. The first-order chi connectivity index (χ1) is 7.65. The number of hydrogen-bond donors (Lipinski definition) is 1. The van der Waals surface area contributed by atoms with Crippen molar-refractivity contribution < 1.29 is 4.74 Å². The lowest BCUT2D eigenvalue weighted by Crippen LogP contribution is -2.06. The Labute approximate surface area is 105 Å². The zero-order valence-electron chi connectivity index (χ0n) is 10.5. The van der Waals surface area contributed by atoms with Crippen molar-refractivity contribution in [3.8, 4) is 5.75 Å². The van der Waals surface area contributed by atoms with Gasteiger partial charge in [0.15, 0.2) is 0 Å². The molecule has 0 aliphatic heterocycles. The Morgan fingerprint density at radius 1 is 1.19 bits per heavy atom. The molecule has 1 atom stereocenters. The number of hydrogen-bond acceptors (Lipinski definition) is 2. The van der Waals surface area contributed by atoms with Gasteiger partial charge in [0, 0.05) is 0 Å². The number of benzene rings is 1. The third-order valence-corrected chi connectivity index (χ3v) is 3.15. The fraction of sp³-hybridized carbons (Fsp3) is 0.571. The molecule has 1 aromatic rings. The van der Waals surface area contributed by atoms with Crippen LogP contribution >= 0.6 is 12.6 Å². The number of aryl methyl sites for hydroxylation is 2. The second-order valence-electron chi connectivity index (χ2n) is 4.48. The topological polar surface area (TPSA) is 9.23 Å². The standard InChI is InChI=1S/C14H22OS/c1-11(8-10-16)7-9-15-14-12(2)5-4-6-13(14)3/h4-6,11,16H,7-10H2,1-3H3. The first-order valence-corrected chi connectivity index (χ1v) is 6.58. The summed E-state index contributed by atoms with van der Waals surface area (Å²) in [7, 11) is 0. The van der Waals surface area contributed by atoms with E-state index in [9.17, 15) is 0 Å². The molecule has 0 aromatic heterocycles. The van der Waals surface area contributed by atoms with E-state index in [1.807, 2.05) is 0 Å². The number of para-hydroxylation sites is 1. The number of thiol groups is 1. The molecule has 0 saturated carbocycles. The fourth-order valence-electron chi connectivity index (χ4n) is 1.75. The Kier molecular flexibility index (Phi) is 5.75. The molecule has 1 unspecified atom stereocenters. The van der Waals surface area contributed by atoms with E-state index in [2.05, 4.69) is 51.6 Å². The predicted molar refractivity (Wildman–Crippen MR) is 73.7 cm³/mol. The smallest absolute Gasteiger partial charge is 0.125 e. The molecule has 0 bridgehead atoms. The van der Waals surface area contributed by atoms with Crippen molar-refractivity contribution in [1.82, 2.24) is 0 Å². The molecule has 0 fully saturated rings. The van der Waals surface area contributed by atoms with Gasteiger partial charge in [0.2, 0.25) is 0 Å². The molecule has 0 saturated heterocycles. The molecule has 0 spiro atoms. The molecule has 2 heteroatoms. The van der Waals surface area contributed by atoms with Crippen LogP contribution in [0.5, 0.6) is 5.75 Å². The van der Waals surface area contributed by atoms with Gasteiger partial charge < -0.3 is 4.74 Å². The Balaban J connectivity index is 2.43. The van der Waals surface area contributed by atoms with E-state index in [1.165, 1.54) is 17.5 Å². The third kappa shape index (κ3) is 4.09. The Morgan fingerprint density at radius 2 is 1.81 bits per heavy atom. The van der Waals surface area contributed by atoms with Crippen LogP contribution in [0.1, 0.15) is 30.9 Å². The Hall–Kier alpha value is -0.630. The van der Waals surface area contributed by atoms with Crippen LogP contribution < -0.4 is 4.74 Å². The van der Waals surface area contributed by atoms with Gasteiger partial charge in [-0.2, -0.15) is 12.6 Å². The van der Waals surface area contributed by atoms with Crippen molar-refractivity contribution in [3.63, 3.8) is 0 Å². The van der Waals surface area contributed by atoms with Gasteiger partial charge >= 0.3 is 0 Å². The van der Waals surface area contributed by atoms with Gasteiger partial charge in [0.1, 0.15) is 5.75 Å². The molecule has 0 radical (unpaired) electrons. The van der Waals surface area contributed by atoms with E-state index in [-0.39, 0.29) is 0 Å². The molecule has 16 heavy (non-hydrogen) atoms. The second kappa shape index (κ2) is 6.85. The predicted octanol–water partition coefficient (Wildman–Crippen LogP) is 4.03. The summed E-state index contributed by atoms with van der Waals surface area (Å²) in [6.07, 6.45) is 2.27. The van der Waals surface area contributed by atoms with Gasteiger partial charge in [-0.05, 0) is 49.5 Å². The maximum absolute atomic E-state index is 5.86. The fourth-order valence-corrected chi connectivity index (χ4v) is 2.19. The first-order valence-electron chi connectivity index (χ1n) is 5.95. The summed E-state index contributed by atoms with van der Waals surface area (Å²) in [4.78, 5) is 0. The molecule has 0 aliphatic rings. The monoisotopic (exact) mass is 238 g/mol. The summed E-state index contributed by atoms with van der Waals surface area (Å²) < 4.78 is 5.86. The van der Waals surface area contributed by atoms with Crippen molar-refractivity contribution >= 4 is 12.6 Å². The summed E-state index contributed by atoms with van der Waals surface area (Å²) in [5, 5.41) is 0. The highest BCUT2D eigenvalue weighted by atomic mass is 32.1. The summed E-state index contributed by atoms with van der Waals surface area (Å²) in [5.74, 6) is 2.72. The summed E-state index contributed by atoms with van der Waals surface area (Å²) in [6.45, 7) is 7.25. The molecule has 1 nitrogen and oxygen atoms in total. The molecule has 0 heterocycles. The number of ether oxygens (including phenoxy) is 1. The SMILES string of the molecule is Cc1cccc(C)c1OCCC(C)CCS. The lowest BCUT2D eigenvalue weighted by Gasteiger charge is -2.14. The van der Waals surface area contributed by atoms with Gasteiger partial charge in [-0.15, -0.1) is 0 Å². The summed E-state index contributed by atoms with van der Waals surface area (Å²) in [5.41, 5.74) is 2.45. The van der Waals surface area contributed by atoms with Crippen molar-refractivity contribution in [2.24, 2.45) is 5.92 Å². The first kappa shape index (κ1) is 13.4. The largest absolute Gasteiger partial charge is 0.493 e. The van der Waals surface area contributed by atoms with Crippen LogP contribution in [-0.2, 0) is 0 Å². The average Bonchev–Trinajstić information content (AvgIpc) is 2.23. The van der Waals surface area contributed by atoms with Gasteiger partial charge in [0.25, 0.3) is 0 Å². The van der Waals surface area contributed by atoms with E-state index in [1.54, 1.807) is 0 Å². The molecule has 90 valence electrons. The number of rotatable bonds is 6. The normalized spacial score (nSPS) is 12.5. The van der Waals surface area contributed by atoms with Crippen molar-refractivity contribution in [2.75, 3.05) is 12.4 Å². The molecule has 0 N–H and O–H groups in total. The van der Waals surface area contributed by atoms with Crippen LogP contribution in [0, 0.1) is 19.8 Å². The quantitative estimate of drug-likeness (QED) is 0.736. The maximum atomic E-state index is 5.86. The highest BCUT2D eigenvalue weighted by molar-refractivity contribution is 7.80. The molecule has 1 rings (SSSR count). The van der Waals surface area contributed by atoms with Crippen LogP contribution in [0.15, 0.2) is 18.2 Å². The lowest BCUT2D eigenvalue weighted by molar-refractivity contribution is 0.279. The van der Waals surface area contributed by atoms with Crippen LogP contribution in [0.25, 0.3) is 0 Å². The molecule has 0 aliphatic carbocycles. The molecule has 0 amide bonds. The van der Waals surface area contributed by atoms with E-state index in [0.29, 0.717) is 5.92 Å². The van der Waals surface area contributed by atoms with Crippen LogP contribution in [0.3, 0.4) is 0 Å². The van der Waals surface area contributed by atoms with E-state index in [4.69, 9.17) is 4.74 Å². The lowest BCUT2D eigenvalue weighted by atomic mass is 10.1. The van der Waals surface area contributed by atoms with Crippen molar-refractivity contribution in [2.45, 2.75) is 33.6 Å². The minimum absolute atomic E-state index is 0.696. The average molecular weight is 238 g/mol.